The van der Waals surface area contributed by atoms with E-state index in [0.29, 0.717) is 5.76 Å². The van der Waals surface area contributed by atoms with Gasteiger partial charge in [0, 0.05) is 5.56 Å². The lowest BCUT2D eigenvalue weighted by molar-refractivity contribution is 0.163. The van der Waals surface area contributed by atoms with E-state index in [-0.39, 0.29) is 0 Å². The third kappa shape index (κ3) is 4.29. The van der Waals surface area contributed by atoms with Crippen LogP contribution < -0.4 is 0 Å². The summed E-state index contributed by atoms with van der Waals surface area (Å²) in [6.07, 6.45) is 5.41. The van der Waals surface area contributed by atoms with E-state index in [2.05, 4.69) is 18.8 Å². The van der Waals surface area contributed by atoms with Gasteiger partial charge in [-0.2, -0.15) is 0 Å². The predicted octanol–water partition coefficient (Wildman–Crippen LogP) is 4.29. The Bertz CT molecular complexity index is 573. The monoisotopic (exact) mass is 268 g/mol. The molecule has 0 aliphatic carbocycles. The van der Waals surface area contributed by atoms with E-state index in [1.165, 1.54) is 6.42 Å². The summed E-state index contributed by atoms with van der Waals surface area (Å²) in [5.41, 5.74) is 1.83. The molecule has 104 valence electrons. The van der Waals surface area contributed by atoms with Gasteiger partial charge < -0.3 is 9.52 Å². The van der Waals surface area contributed by atoms with Crippen LogP contribution in [0, 0.1) is 11.8 Å². The molecule has 1 N–H and O–H groups in total. The first-order valence-electron chi connectivity index (χ1n) is 7.13. The molecule has 2 nitrogen and oxygen atoms in total. The first kappa shape index (κ1) is 14.4. The first-order valence-corrected chi connectivity index (χ1v) is 7.13. The predicted molar refractivity (Wildman–Crippen MR) is 80.2 cm³/mol. The quantitative estimate of drug-likeness (QED) is 0.648. The molecule has 0 saturated heterocycles. The van der Waals surface area contributed by atoms with Crippen molar-refractivity contribution in [2.24, 2.45) is 0 Å². The summed E-state index contributed by atoms with van der Waals surface area (Å²) in [7, 11) is 0. The van der Waals surface area contributed by atoms with E-state index in [1.807, 2.05) is 36.4 Å². The molecule has 0 aliphatic rings. The maximum atomic E-state index is 10.2. The number of hydrogen-bond donors (Lipinski definition) is 1. The number of furan rings is 1. The van der Waals surface area contributed by atoms with Crippen LogP contribution in [0.2, 0.25) is 0 Å². The number of hydrogen-bond acceptors (Lipinski definition) is 2. The van der Waals surface area contributed by atoms with Gasteiger partial charge in [-0.25, -0.2) is 0 Å². The molecule has 1 unspecified atom stereocenters. The first-order chi connectivity index (χ1) is 9.79. The van der Waals surface area contributed by atoms with Gasteiger partial charge in [-0.3, -0.25) is 0 Å². The highest BCUT2D eigenvalue weighted by Crippen LogP contribution is 2.20. The van der Waals surface area contributed by atoms with Gasteiger partial charge in [-0.05, 0) is 42.2 Å². The molecular formula is C18H20O2. The lowest BCUT2D eigenvalue weighted by Crippen LogP contribution is -1.97. The average molecular weight is 268 g/mol. The molecule has 0 fully saturated rings. The van der Waals surface area contributed by atoms with E-state index < -0.39 is 6.10 Å². The highest BCUT2D eigenvalue weighted by Gasteiger charge is 2.06. The van der Waals surface area contributed by atoms with Crippen LogP contribution in [0.5, 0.6) is 0 Å². The lowest BCUT2D eigenvalue weighted by Gasteiger charge is -2.10. The molecule has 1 aromatic heterocycles. The van der Waals surface area contributed by atoms with Gasteiger partial charge in [-0.1, -0.05) is 44.2 Å². The molecule has 0 amide bonds. The molecule has 1 heterocycles. The Morgan fingerprint density at radius 1 is 1.15 bits per heavy atom. The van der Waals surface area contributed by atoms with E-state index in [0.717, 1.165) is 30.4 Å². The number of benzene rings is 1. The molecule has 1 aromatic carbocycles. The third-order valence-electron chi connectivity index (χ3n) is 3.20. The van der Waals surface area contributed by atoms with E-state index in [9.17, 15) is 5.11 Å². The SMILES string of the molecule is CCCCCC(O)c1cccc(C#Cc2ccco2)c1. The van der Waals surface area contributed by atoms with Crippen LogP contribution in [-0.2, 0) is 0 Å². The molecule has 1 atom stereocenters. The highest BCUT2D eigenvalue weighted by molar-refractivity contribution is 5.41. The molecule has 2 rings (SSSR count). The summed E-state index contributed by atoms with van der Waals surface area (Å²) in [6, 6.07) is 11.4. The third-order valence-corrected chi connectivity index (χ3v) is 3.20. The van der Waals surface area contributed by atoms with Crippen molar-refractivity contribution in [1.29, 1.82) is 0 Å². The van der Waals surface area contributed by atoms with Crippen LogP contribution in [0.4, 0.5) is 0 Å². The number of aliphatic hydroxyl groups is 1. The standard InChI is InChI=1S/C18H20O2/c1-2-3-4-10-18(19)16-8-5-7-15(14-16)11-12-17-9-6-13-20-17/h5-9,13-14,18-19H,2-4,10H2,1H3. The second kappa shape index (κ2) is 7.57. The van der Waals surface area contributed by atoms with Crippen molar-refractivity contribution < 1.29 is 9.52 Å². The number of aliphatic hydroxyl groups excluding tert-OH is 1. The van der Waals surface area contributed by atoms with E-state index >= 15 is 0 Å². The molecule has 2 aromatic rings. The van der Waals surface area contributed by atoms with E-state index in [4.69, 9.17) is 4.42 Å². The summed E-state index contributed by atoms with van der Waals surface area (Å²) in [5, 5.41) is 10.2. The van der Waals surface area contributed by atoms with Gasteiger partial charge in [0.2, 0.25) is 0 Å². The van der Waals surface area contributed by atoms with Crippen LogP contribution in [-0.4, -0.2) is 5.11 Å². The maximum Gasteiger partial charge on any atom is 0.176 e. The van der Waals surface area contributed by atoms with Crippen molar-refractivity contribution in [2.75, 3.05) is 0 Å². The Morgan fingerprint density at radius 3 is 2.80 bits per heavy atom. The highest BCUT2D eigenvalue weighted by atomic mass is 16.3. The zero-order chi connectivity index (χ0) is 14.2. The fourth-order valence-electron chi connectivity index (χ4n) is 2.06. The summed E-state index contributed by atoms with van der Waals surface area (Å²) in [4.78, 5) is 0. The van der Waals surface area contributed by atoms with Gasteiger partial charge in [0.1, 0.15) is 0 Å². The van der Waals surface area contributed by atoms with Crippen molar-refractivity contribution in [3.8, 4) is 11.8 Å². The van der Waals surface area contributed by atoms with Gasteiger partial charge >= 0.3 is 0 Å². The number of rotatable bonds is 5. The van der Waals surface area contributed by atoms with Crippen molar-refractivity contribution >= 4 is 0 Å². The molecule has 0 bridgehead atoms. The topological polar surface area (TPSA) is 33.4 Å². The molecule has 2 heteroatoms. The van der Waals surface area contributed by atoms with E-state index in [1.54, 1.807) is 6.26 Å². The Labute approximate surface area is 120 Å². The zero-order valence-electron chi connectivity index (χ0n) is 11.8. The Hall–Kier alpha value is -1.98. The number of unbranched alkanes of at least 4 members (excludes halogenated alkanes) is 2. The second-order valence-electron chi connectivity index (χ2n) is 4.86. The maximum absolute atomic E-state index is 10.2. The minimum atomic E-state index is -0.396. The van der Waals surface area contributed by atoms with Crippen LogP contribution in [0.25, 0.3) is 0 Å². The molecule has 0 radical (unpaired) electrons. The Balaban J connectivity index is 2.04. The second-order valence-corrected chi connectivity index (χ2v) is 4.86. The fraction of sp³-hybridized carbons (Fsp3) is 0.333. The smallest absolute Gasteiger partial charge is 0.176 e. The minimum Gasteiger partial charge on any atom is -0.456 e. The van der Waals surface area contributed by atoms with Crippen LogP contribution in [0.15, 0.2) is 47.1 Å². The molecular weight excluding hydrogens is 248 g/mol. The molecule has 0 saturated carbocycles. The fourth-order valence-corrected chi connectivity index (χ4v) is 2.06. The van der Waals surface area contributed by atoms with Crippen LogP contribution >= 0.6 is 0 Å². The summed E-state index contributed by atoms with van der Waals surface area (Å²) in [5.74, 6) is 6.67. The summed E-state index contributed by atoms with van der Waals surface area (Å²) < 4.78 is 5.18. The molecule has 0 spiro atoms. The molecule has 0 aliphatic heterocycles. The van der Waals surface area contributed by atoms with Gasteiger partial charge in [-0.15, -0.1) is 0 Å². The zero-order valence-corrected chi connectivity index (χ0v) is 11.8. The van der Waals surface area contributed by atoms with Crippen molar-refractivity contribution in [3.63, 3.8) is 0 Å². The van der Waals surface area contributed by atoms with Gasteiger partial charge in [0.05, 0.1) is 12.4 Å². The normalized spacial score (nSPS) is 11.7. The summed E-state index contributed by atoms with van der Waals surface area (Å²) in [6.45, 7) is 2.16. The van der Waals surface area contributed by atoms with Crippen LogP contribution in [0.1, 0.15) is 55.6 Å². The lowest BCUT2D eigenvalue weighted by atomic mass is 10.0. The summed E-state index contributed by atoms with van der Waals surface area (Å²) >= 11 is 0. The average Bonchev–Trinajstić information content (AvgIpc) is 2.99. The Kier molecular flexibility index (Phi) is 5.46. The largest absolute Gasteiger partial charge is 0.456 e. The van der Waals surface area contributed by atoms with Crippen LogP contribution in [0.3, 0.4) is 0 Å². The van der Waals surface area contributed by atoms with Crippen molar-refractivity contribution in [2.45, 2.75) is 38.7 Å². The van der Waals surface area contributed by atoms with Gasteiger partial charge in [0.25, 0.3) is 0 Å². The molecule has 20 heavy (non-hydrogen) atoms. The Morgan fingerprint density at radius 2 is 2.05 bits per heavy atom. The van der Waals surface area contributed by atoms with Crippen molar-refractivity contribution in [3.05, 3.63) is 59.5 Å². The minimum absolute atomic E-state index is 0.396. The van der Waals surface area contributed by atoms with Gasteiger partial charge in [0.15, 0.2) is 5.76 Å². The van der Waals surface area contributed by atoms with Crippen molar-refractivity contribution in [1.82, 2.24) is 0 Å².